The molecule has 0 bridgehead atoms. The number of nitrogens with one attached hydrogen (secondary N) is 1. The largest absolute Gasteiger partial charge is 0.508 e. The van der Waals surface area contributed by atoms with E-state index in [0.29, 0.717) is 12.2 Å². The zero-order valence-electron chi connectivity index (χ0n) is 26.1. The minimum atomic E-state index is -0.206. The fraction of sp³-hybridized carbons (Fsp3) is 0.361. The van der Waals surface area contributed by atoms with E-state index in [2.05, 4.69) is 62.3 Å². The summed E-state index contributed by atoms with van der Waals surface area (Å²) in [6.07, 6.45) is 7.40. The van der Waals surface area contributed by atoms with E-state index in [1.165, 1.54) is 41.4 Å². The molecule has 0 radical (unpaired) electrons. The van der Waals surface area contributed by atoms with E-state index in [0.717, 1.165) is 44.1 Å². The maximum Gasteiger partial charge on any atom is 0.123 e. The Morgan fingerprint density at radius 3 is 1.71 bits per heavy atom. The van der Waals surface area contributed by atoms with Gasteiger partial charge in [-0.15, -0.1) is 13.2 Å². The number of nitrogens with two attached hydrogens (primary N) is 1. The number of likely N-dealkylation sites (N-methyl/N-ethyl adjacent to an activating group) is 1. The third-order valence-electron chi connectivity index (χ3n) is 5.80. The molecule has 4 nitrogen and oxygen atoms in total. The van der Waals surface area contributed by atoms with Crippen molar-refractivity contribution in [2.45, 2.75) is 65.7 Å². The fourth-order valence-electron chi connectivity index (χ4n) is 3.28. The number of hydrogen-bond acceptors (Lipinski definition) is 4. The molecule has 1 unspecified atom stereocenters. The van der Waals surface area contributed by atoms with E-state index in [1.807, 2.05) is 51.2 Å². The van der Waals surface area contributed by atoms with Crippen LogP contribution in [0.3, 0.4) is 0 Å². The van der Waals surface area contributed by atoms with Gasteiger partial charge in [-0.25, -0.2) is 4.39 Å². The van der Waals surface area contributed by atoms with Gasteiger partial charge in [0.1, 0.15) is 17.9 Å². The van der Waals surface area contributed by atoms with Crippen molar-refractivity contribution >= 4 is 6.29 Å². The average Bonchev–Trinajstić information content (AvgIpc) is 2.98. The number of aromatic hydroxyl groups is 1. The summed E-state index contributed by atoms with van der Waals surface area (Å²) in [5.41, 5.74) is 10.5. The van der Waals surface area contributed by atoms with Crippen LogP contribution in [0.1, 0.15) is 74.1 Å². The maximum atomic E-state index is 13.1. The molecule has 1 atom stereocenters. The van der Waals surface area contributed by atoms with Gasteiger partial charge in [0.05, 0.1) is 0 Å². The molecule has 3 aromatic rings. The zero-order chi connectivity index (χ0) is 31.5. The van der Waals surface area contributed by atoms with Crippen molar-refractivity contribution < 1.29 is 14.3 Å². The Kier molecular flexibility index (Phi) is 25.8. The van der Waals surface area contributed by atoms with Gasteiger partial charge in [-0.3, -0.25) is 0 Å². The van der Waals surface area contributed by atoms with E-state index in [1.54, 1.807) is 12.1 Å². The molecule has 0 fully saturated rings. The van der Waals surface area contributed by atoms with Crippen LogP contribution in [0.25, 0.3) is 0 Å². The van der Waals surface area contributed by atoms with Crippen LogP contribution in [0, 0.1) is 19.7 Å². The fourth-order valence-corrected chi connectivity index (χ4v) is 3.28. The lowest BCUT2D eigenvalue weighted by Gasteiger charge is -2.18. The Labute approximate surface area is 249 Å². The Bertz CT molecular complexity index is 980. The second kappa shape index (κ2) is 26.7. The number of benzene rings is 3. The molecule has 0 saturated carbocycles. The highest BCUT2D eigenvalue weighted by Crippen LogP contribution is 2.30. The summed E-state index contributed by atoms with van der Waals surface area (Å²) in [7, 11) is 3.39. The summed E-state index contributed by atoms with van der Waals surface area (Å²) >= 11 is 0. The number of phenols is 1. The van der Waals surface area contributed by atoms with E-state index in [-0.39, 0.29) is 11.7 Å². The summed E-state index contributed by atoms with van der Waals surface area (Å²) in [4.78, 5) is 10.4. The normalized spacial score (nSPS) is 9.95. The third-order valence-corrected chi connectivity index (χ3v) is 5.80. The monoisotopic (exact) mass is 564 g/mol. The van der Waals surface area contributed by atoms with Crippen LogP contribution in [-0.4, -0.2) is 32.0 Å². The molecule has 41 heavy (non-hydrogen) atoms. The van der Waals surface area contributed by atoms with Crippen molar-refractivity contribution in [1.29, 1.82) is 0 Å². The van der Waals surface area contributed by atoms with E-state index < -0.39 is 0 Å². The molecule has 0 aliphatic carbocycles. The number of allylic oxidation sites excluding steroid dienone is 1. The minimum Gasteiger partial charge on any atom is -0.508 e. The smallest absolute Gasteiger partial charge is 0.123 e. The molecule has 0 aliphatic heterocycles. The van der Waals surface area contributed by atoms with Crippen molar-refractivity contribution in [2.24, 2.45) is 5.73 Å². The number of halogens is 1. The quantitative estimate of drug-likeness (QED) is 0.131. The van der Waals surface area contributed by atoms with Crippen LogP contribution >= 0.6 is 0 Å². The van der Waals surface area contributed by atoms with Gasteiger partial charge in [-0.05, 0) is 89.5 Å². The highest BCUT2D eigenvalue weighted by atomic mass is 19.1. The molecule has 4 N–H and O–H groups in total. The predicted octanol–water partition coefficient (Wildman–Crippen LogP) is 8.67. The first kappa shape index (κ1) is 39.6. The van der Waals surface area contributed by atoms with Gasteiger partial charge in [0.2, 0.25) is 0 Å². The van der Waals surface area contributed by atoms with E-state index in [9.17, 15) is 9.18 Å². The Balaban J connectivity index is 0. The molecule has 0 heterocycles. The molecular formula is C36H53FN2O2. The highest BCUT2D eigenvalue weighted by molar-refractivity contribution is 5.49. The first-order valence-electron chi connectivity index (χ1n) is 14.2. The van der Waals surface area contributed by atoms with Crippen LogP contribution in [0.5, 0.6) is 5.75 Å². The number of carbonyl (C=O) groups excluding carboxylic acids is 1. The summed E-state index contributed by atoms with van der Waals surface area (Å²) in [6, 6.07) is 22.3. The number of rotatable bonds is 10. The lowest BCUT2D eigenvalue weighted by Crippen LogP contribution is -2.02. The molecule has 5 heteroatoms. The van der Waals surface area contributed by atoms with Crippen molar-refractivity contribution in [3.05, 3.63) is 126 Å². The lowest BCUT2D eigenvalue weighted by molar-refractivity contribution is -0.107. The molecule has 0 saturated heterocycles. The van der Waals surface area contributed by atoms with Crippen LogP contribution < -0.4 is 11.1 Å². The molecule has 0 aromatic heterocycles. The van der Waals surface area contributed by atoms with Crippen molar-refractivity contribution in [3.8, 4) is 5.75 Å². The molecule has 3 aromatic carbocycles. The predicted molar refractivity (Wildman–Crippen MR) is 176 cm³/mol. The second-order valence-corrected chi connectivity index (χ2v) is 9.46. The molecule has 0 spiro atoms. The van der Waals surface area contributed by atoms with Gasteiger partial charge in [0.25, 0.3) is 0 Å². The van der Waals surface area contributed by atoms with Gasteiger partial charge in [0.15, 0.2) is 0 Å². The van der Waals surface area contributed by atoms with E-state index in [4.69, 9.17) is 5.11 Å². The first-order chi connectivity index (χ1) is 19.7. The molecule has 3 rings (SSSR count). The molecule has 0 aliphatic rings. The first-order valence-corrected chi connectivity index (χ1v) is 14.2. The Morgan fingerprint density at radius 2 is 1.37 bits per heavy atom. The minimum absolute atomic E-state index is 0.206. The molecule has 0 amide bonds. The summed E-state index contributed by atoms with van der Waals surface area (Å²) in [6.45, 7) is 16.2. The van der Waals surface area contributed by atoms with Crippen molar-refractivity contribution in [3.63, 3.8) is 0 Å². The zero-order valence-corrected chi connectivity index (χ0v) is 26.1. The maximum absolute atomic E-state index is 13.1. The number of carbonyl (C=O) groups is 1. The van der Waals surface area contributed by atoms with Gasteiger partial charge in [-0.1, -0.05) is 84.7 Å². The van der Waals surface area contributed by atoms with Gasteiger partial charge < -0.3 is 21.0 Å². The number of unbranched alkanes of at least 4 members (excludes halogenated alkanes) is 2. The van der Waals surface area contributed by atoms with Crippen LogP contribution in [0.15, 0.2) is 97.6 Å². The highest BCUT2D eigenvalue weighted by Gasteiger charge is 2.14. The topological polar surface area (TPSA) is 75.3 Å². The van der Waals surface area contributed by atoms with Crippen LogP contribution in [-0.2, 0) is 4.79 Å². The lowest BCUT2D eigenvalue weighted by atomic mass is 9.86. The third kappa shape index (κ3) is 21.9. The van der Waals surface area contributed by atoms with Crippen molar-refractivity contribution in [2.75, 3.05) is 20.6 Å². The number of phenolic OH excluding ortho intramolecular Hbond substituents is 1. The van der Waals surface area contributed by atoms with Gasteiger partial charge >= 0.3 is 0 Å². The number of aldehydes is 1. The summed E-state index contributed by atoms with van der Waals surface area (Å²) < 4.78 is 13.1. The summed E-state index contributed by atoms with van der Waals surface area (Å²) in [5.74, 6) is 0.385. The SMILES string of the molecule is C=C(C)CC.C=CCNC.CN.Cc1ccc(C(CCCCC=O)c2ccc(F)cc2)cc1.Cc1ccc(O)cc1. The van der Waals surface area contributed by atoms with Gasteiger partial charge in [-0.2, -0.15) is 0 Å². The van der Waals surface area contributed by atoms with Crippen LogP contribution in [0.2, 0.25) is 0 Å². The number of aryl methyl sites for hydroxylation is 2. The van der Waals surface area contributed by atoms with E-state index >= 15 is 0 Å². The van der Waals surface area contributed by atoms with Gasteiger partial charge in [0, 0.05) is 18.9 Å². The standard InChI is InChI=1S/C19H21FO.C7H8O.C5H10.C4H9N.CH5N/c1-15-6-8-16(9-7-15)19(5-3-2-4-14-21)17-10-12-18(20)13-11-17;1-6-2-4-7(8)5-3-6;1-4-5(2)3;1-3-4-5-2;1-2/h6-14,19H,2-5H2,1H3;2-5,8H,1H3;2,4H2,1,3H3;3,5H,1,4H2,2H3;2H2,1H3. The summed E-state index contributed by atoms with van der Waals surface area (Å²) in [5, 5.41) is 11.7. The second-order valence-electron chi connectivity index (χ2n) is 9.46. The molecule has 226 valence electrons. The Hall–Kier alpha value is -3.54. The molecular weight excluding hydrogens is 511 g/mol. The van der Waals surface area contributed by atoms with Crippen molar-refractivity contribution in [1.82, 2.24) is 5.32 Å². The average molecular weight is 565 g/mol. The number of hydrogen-bond donors (Lipinski definition) is 3. The Morgan fingerprint density at radius 1 is 0.927 bits per heavy atom. The van der Waals surface area contributed by atoms with Crippen LogP contribution in [0.4, 0.5) is 4.39 Å².